The van der Waals surface area contributed by atoms with Crippen LogP contribution in [0.15, 0.2) is 6.07 Å². The van der Waals surface area contributed by atoms with Crippen molar-refractivity contribution in [3.8, 4) is 0 Å². The fourth-order valence-corrected chi connectivity index (χ4v) is 2.30. The Hall–Kier alpha value is -1.17. The van der Waals surface area contributed by atoms with E-state index >= 15 is 0 Å². The third-order valence-electron chi connectivity index (χ3n) is 3.15. The number of alkyl halides is 3. The van der Waals surface area contributed by atoms with E-state index in [1.54, 1.807) is 6.92 Å². The first kappa shape index (κ1) is 13.3. The van der Waals surface area contributed by atoms with Gasteiger partial charge in [-0.05, 0) is 39.4 Å². The van der Waals surface area contributed by atoms with Gasteiger partial charge in [-0.15, -0.1) is 0 Å². The molecule has 0 amide bonds. The molecular formula is C12H16F3N3. The van der Waals surface area contributed by atoms with Crippen LogP contribution in [0.4, 0.5) is 13.2 Å². The number of hydrogen-bond donors (Lipinski definition) is 0. The molecule has 1 aliphatic rings. The predicted molar refractivity (Wildman–Crippen MR) is 61.2 cm³/mol. The summed E-state index contributed by atoms with van der Waals surface area (Å²) in [7, 11) is 1.96. The van der Waals surface area contributed by atoms with Crippen LogP contribution in [0.5, 0.6) is 0 Å². The average Bonchev–Trinajstić information content (AvgIpc) is 2.27. The van der Waals surface area contributed by atoms with E-state index in [-0.39, 0.29) is 5.92 Å². The molecule has 1 aliphatic heterocycles. The molecule has 0 spiro atoms. The molecule has 1 aromatic heterocycles. The first-order chi connectivity index (χ1) is 8.36. The SMILES string of the molecule is Cc1cc(C(F)(F)F)nc(C2CCCN(C)C2)n1. The normalized spacial score (nSPS) is 22.2. The van der Waals surface area contributed by atoms with E-state index in [0.717, 1.165) is 32.0 Å². The van der Waals surface area contributed by atoms with Gasteiger partial charge >= 0.3 is 6.18 Å². The van der Waals surface area contributed by atoms with Crippen LogP contribution in [-0.2, 0) is 6.18 Å². The van der Waals surface area contributed by atoms with Gasteiger partial charge in [0.05, 0.1) is 0 Å². The molecule has 2 rings (SSSR count). The van der Waals surface area contributed by atoms with Crippen molar-refractivity contribution in [3.63, 3.8) is 0 Å². The summed E-state index contributed by atoms with van der Waals surface area (Å²) in [6.07, 6.45) is -2.58. The maximum atomic E-state index is 12.7. The van der Waals surface area contributed by atoms with Crippen molar-refractivity contribution in [1.82, 2.24) is 14.9 Å². The largest absolute Gasteiger partial charge is 0.433 e. The molecular weight excluding hydrogens is 243 g/mol. The predicted octanol–water partition coefficient (Wildman–Crippen LogP) is 2.61. The van der Waals surface area contributed by atoms with Crippen LogP contribution in [0.25, 0.3) is 0 Å². The van der Waals surface area contributed by atoms with Gasteiger partial charge in [-0.1, -0.05) is 0 Å². The molecule has 2 heterocycles. The summed E-state index contributed by atoms with van der Waals surface area (Å²) in [6, 6.07) is 0.996. The van der Waals surface area contributed by atoms with E-state index < -0.39 is 11.9 Å². The second-order valence-electron chi connectivity index (χ2n) is 4.85. The lowest BCUT2D eigenvalue weighted by Gasteiger charge is -2.29. The van der Waals surface area contributed by atoms with Crippen LogP contribution < -0.4 is 0 Å². The highest BCUT2D eigenvalue weighted by molar-refractivity contribution is 5.15. The minimum atomic E-state index is -4.40. The number of likely N-dealkylation sites (tertiary alicyclic amines) is 1. The van der Waals surface area contributed by atoms with Gasteiger partial charge in [-0.2, -0.15) is 13.2 Å². The van der Waals surface area contributed by atoms with Gasteiger partial charge in [-0.3, -0.25) is 0 Å². The Morgan fingerprint density at radius 1 is 1.33 bits per heavy atom. The molecule has 0 N–H and O–H groups in total. The lowest BCUT2D eigenvalue weighted by atomic mass is 9.97. The zero-order valence-electron chi connectivity index (χ0n) is 10.5. The average molecular weight is 259 g/mol. The first-order valence-corrected chi connectivity index (χ1v) is 5.97. The van der Waals surface area contributed by atoms with Crippen LogP contribution in [-0.4, -0.2) is 35.0 Å². The Balaban J connectivity index is 2.30. The third kappa shape index (κ3) is 2.98. The number of hydrogen-bond acceptors (Lipinski definition) is 3. The summed E-state index contributed by atoms with van der Waals surface area (Å²) < 4.78 is 38.1. The molecule has 100 valence electrons. The number of nitrogens with zero attached hydrogens (tertiary/aromatic N) is 3. The van der Waals surface area contributed by atoms with E-state index in [9.17, 15) is 13.2 Å². The summed E-state index contributed by atoms with van der Waals surface area (Å²) in [5.74, 6) is 0.332. The van der Waals surface area contributed by atoms with Crippen LogP contribution in [0.2, 0.25) is 0 Å². The molecule has 0 saturated carbocycles. The number of rotatable bonds is 1. The molecule has 3 nitrogen and oxygen atoms in total. The summed E-state index contributed by atoms with van der Waals surface area (Å²) in [4.78, 5) is 9.97. The van der Waals surface area contributed by atoms with Crippen molar-refractivity contribution in [3.05, 3.63) is 23.3 Å². The van der Waals surface area contributed by atoms with E-state index in [1.807, 2.05) is 7.05 Å². The summed E-state index contributed by atoms with van der Waals surface area (Å²) in [6.45, 7) is 3.28. The summed E-state index contributed by atoms with van der Waals surface area (Å²) in [5, 5.41) is 0. The topological polar surface area (TPSA) is 29.0 Å². The quantitative estimate of drug-likeness (QED) is 0.776. The Morgan fingerprint density at radius 3 is 2.67 bits per heavy atom. The third-order valence-corrected chi connectivity index (χ3v) is 3.15. The minimum Gasteiger partial charge on any atom is -0.306 e. The number of aryl methyl sites for hydroxylation is 1. The molecule has 0 bridgehead atoms. The molecule has 1 atom stereocenters. The van der Waals surface area contributed by atoms with Crippen molar-refractivity contribution >= 4 is 0 Å². The van der Waals surface area contributed by atoms with Gasteiger partial charge in [0.2, 0.25) is 0 Å². The molecule has 18 heavy (non-hydrogen) atoms. The van der Waals surface area contributed by atoms with E-state index in [1.165, 1.54) is 0 Å². The van der Waals surface area contributed by atoms with Crippen LogP contribution >= 0.6 is 0 Å². The number of halogens is 3. The molecule has 1 unspecified atom stereocenters. The summed E-state index contributed by atoms with van der Waals surface area (Å²) in [5.41, 5.74) is -0.459. The number of aromatic nitrogens is 2. The van der Waals surface area contributed by atoms with Crippen LogP contribution in [0.1, 0.15) is 36.0 Å². The van der Waals surface area contributed by atoms with E-state index in [2.05, 4.69) is 14.9 Å². The molecule has 1 fully saturated rings. The molecule has 0 aliphatic carbocycles. The molecule has 1 saturated heterocycles. The van der Waals surface area contributed by atoms with Gasteiger partial charge < -0.3 is 4.90 Å². The van der Waals surface area contributed by atoms with Crippen LogP contribution in [0, 0.1) is 6.92 Å². The van der Waals surface area contributed by atoms with Gasteiger partial charge in [0.25, 0.3) is 0 Å². The molecule has 1 aromatic rings. The highest BCUT2D eigenvalue weighted by Gasteiger charge is 2.34. The lowest BCUT2D eigenvalue weighted by Crippen LogP contribution is -2.32. The molecule has 0 aromatic carbocycles. The number of piperidine rings is 1. The zero-order chi connectivity index (χ0) is 13.3. The van der Waals surface area contributed by atoms with Crippen LogP contribution in [0.3, 0.4) is 0 Å². The Morgan fingerprint density at radius 2 is 2.06 bits per heavy atom. The van der Waals surface area contributed by atoms with E-state index in [4.69, 9.17) is 0 Å². The fourth-order valence-electron chi connectivity index (χ4n) is 2.30. The Bertz CT molecular complexity index is 431. The van der Waals surface area contributed by atoms with E-state index in [0.29, 0.717) is 11.5 Å². The second-order valence-corrected chi connectivity index (χ2v) is 4.85. The maximum Gasteiger partial charge on any atom is 0.433 e. The number of likely N-dealkylation sites (N-methyl/N-ethyl adjacent to an activating group) is 1. The Kier molecular flexibility index (Phi) is 3.56. The smallest absolute Gasteiger partial charge is 0.306 e. The van der Waals surface area contributed by atoms with Gasteiger partial charge in [-0.25, -0.2) is 9.97 Å². The molecule has 6 heteroatoms. The molecule has 0 radical (unpaired) electrons. The fraction of sp³-hybridized carbons (Fsp3) is 0.667. The van der Waals surface area contributed by atoms with Crippen molar-refractivity contribution < 1.29 is 13.2 Å². The standard InChI is InChI=1S/C12H16F3N3/c1-8-6-10(12(13,14)15)17-11(16-8)9-4-3-5-18(2)7-9/h6,9H,3-5,7H2,1-2H3. The highest BCUT2D eigenvalue weighted by atomic mass is 19.4. The zero-order valence-corrected chi connectivity index (χ0v) is 10.5. The van der Waals surface area contributed by atoms with Gasteiger partial charge in [0.15, 0.2) is 0 Å². The highest BCUT2D eigenvalue weighted by Crippen LogP contribution is 2.30. The lowest BCUT2D eigenvalue weighted by molar-refractivity contribution is -0.141. The first-order valence-electron chi connectivity index (χ1n) is 5.97. The van der Waals surface area contributed by atoms with Crippen molar-refractivity contribution in [1.29, 1.82) is 0 Å². The van der Waals surface area contributed by atoms with Gasteiger partial charge in [0, 0.05) is 18.2 Å². The maximum absolute atomic E-state index is 12.7. The second kappa shape index (κ2) is 4.84. The van der Waals surface area contributed by atoms with Crippen molar-refractivity contribution in [2.24, 2.45) is 0 Å². The Labute approximate surface area is 104 Å². The van der Waals surface area contributed by atoms with Crippen molar-refractivity contribution in [2.75, 3.05) is 20.1 Å². The van der Waals surface area contributed by atoms with Crippen molar-refractivity contribution in [2.45, 2.75) is 31.9 Å². The monoisotopic (exact) mass is 259 g/mol. The van der Waals surface area contributed by atoms with Gasteiger partial charge in [0.1, 0.15) is 11.5 Å². The minimum absolute atomic E-state index is 0.00440. The summed E-state index contributed by atoms with van der Waals surface area (Å²) >= 11 is 0.